The SMILES string of the molecule is COc1nc(N[C@H]2O[C@@H](CO)[C@@H](O)[C@@H](O)[C@H]2O)c(/C=N/O)c(=O)n1C. The number of aromatic nitrogens is 2. The van der Waals surface area contributed by atoms with E-state index in [0.29, 0.717) is 0 Å². The molecule has 0 radical (unpaired) electrons. The third-order valence-corrected chi connectivity index (χ3v) is 3.83. The first-order valence-electron chi connectivity index (χ1n) is 7.25. The fraction of sp³-hybridized carbons (Fsp3) is 0.615. The molecule has 12 nitrogen and oxygen atoms in total. The molecule has 0 amide bonds. The number of nitrogens with one attached hydrogen (secondary N) is 1. The highest BCUT2D eigenvalue weighted by atomic mass is 16.6. The van der Waals surface area contributed by atoms with Crippen molar-refractivity contribution in [3.63, 3.8) is 0 Å². The fourth-order valence-electron chi connectivity index (χ4n) is 2.42. The lowest BCUT2D eigenvalue weighted by Crippen LogP contribution is -2.60. The molecule has 1 fully saturated rings. The Kier molecular flexibility index (Phi) is 5.92. The molecule has 1 saturated heterocycles. The summed E-state index contributed by atoms with van der Waals surface area (Å²) in [5.74, 6) is -0.151. The van der Waals surface area contributed by atoms with Gasteiger partial charge >= 0.3 is 6.01 Å². The Morgan fingerprint density at radius 1 is 1.36 bits per heavy atom. The van der Waals surface area contributed by atoms with Gasteiger partial charge in [-0.25, -0.2) is 0 Å². The van der Waals surface area contributed by atoms with E-state index in [0.717, 1.165) is 10.8 Å². The van der Waals surface area contributed by atoms with Crippen LogP contribution in [0.2, 0.25) is 0 Å². The van der Waals surface area contributed by atoms with Crippen molar-refractivity contribution in [3.05, 3.63) is 15.9 Å². The summed E-state index contributed by atoms with van der Waals surface area (Å²) in [7, 11) is 2.68. The van der Waals surface area contributed by atoms with Gasteiger partial charge in [-0.2, -0.15) is 4.98 Å². The Morgan fingerprint density at radius 3 is 2.60 bits per heavy atom. The van der Waals surface area contributed by atoms with Gasteiger partial charge in [0.25, 0.3) is 5.56 Å². The number of hydrogen-bond acceptors (Lipinski definition) is 11. The van der Waals surface area contributed by atoms with E-state index in [2.05, 4.69) is 15.5 Å². The van der Waals surface area contributed by atoms with Crippen LogP contribution in [0.25, 0.3) is 0 Å². The third kappa shape index (κ3) is 3.57. The van der Waals surface area contributed by atoms with Crippen molar-refractivity contribution in [3.8, 4) is 6.01 Å². The molecule has 140 valence electrons. The van der Waals surface area contributed by atoms with Gasteiger partial charge in [0, 0.05) is 7.05 Å². The van der Waals surface area contributed by atoms with Crippen LogP contribution in [0.5, 0.6) is 6.01 Å². The monoisotopic (exact) mass is 360 g/mol. The van der Waals surface area contributed by atoms with Gasteiger partial charge in [0.15, 0.2) is 6.23 Å². The smallest absolute Gasteiger partial charge is 0.300 e. The number of methoxy groups -OCH3 is 1. The maximum Gasteiger partial charge on any atom is 0.300 e. The third-order valence-electron chi connectivity index (χ3n) is 3.83. The Bertz CT molecular complexity index is 691. The molecular weight excluding hydrogens is 340 g/mol. The van der Waals surface area contributed by atoms with Crippen LogP contribution < -0.4 is 15.6 Å². The van der Waals surface area contributed by atoms with E-state index in [-0.39, 0.29) is 17.4 Å². The second-order valence-corrected chi connectivity index (χ2v) is 5.36. The Balaban J connectivity index is 2.41. The summed E-state index contributed by atoms with van der Waals surface area (Å²) in [5, 5.41) is 53.0. The molecule has 0 bridgehead atoms. The largest absolute Gasteiger partial charge is 0.468 e. The van der Waals surface area contributed by atoms with Crippen molar-refractivity contribution in [1.82, 2.24) is 9.55 Å². The molecule has 0 spiro atoms. The summed E-state index contributed by atoms with van der Waals surface area (Å²) in [5.41, 5.74) is -0.778. The van der Waals surface area contributed by atoms with Crippen LogP contribution in [0, 0.1) is 0 Å². The summed E-state index contributed by atoms with van der Waals surface area (Å²) in [6, 6.07) is -0.0767. The van der Waals surface area contributed by atoms with Crippen molar-refractivity contribution >= 4 is 12.0 Å². The van der Waals surface area contributed by atoms with Gasteiger partial charge < -0.3 is 40.4 Å². The van der Waals surface area contributed by atoms with Crippen LogP contribution in [0.15, 0.2) is 9.95 Å². The second-order valence-electron chi connectivity index (χ2n) is 5.36. The first kappa shape index (κ1) is 19.1. The predicted octanol–water partition coefficient (Wildman–Crippen LogP) is -3.19. The number of aliphatic hydroxyl groups is 4. The van der Waals surface area contributed by atoms with Crippen molar-refractivity contribution < 1.29 is 35.1 Å². The molecule has 0 aromatic carbocycles. The maximum atomic E-state index is 12.3. The van der Waals surface area contributed by atoms with Crippen molar-refractivity contribution in [2.45, 2.75) is 30.6 Å². The lowest BCUT2D eigenvalue weighted by Gasteiger charge is -2.40. The van der Waals surface area contributed by atoms with Crippen LogP contribution in [0.1, 0.15) is 5.56 Å². The average Bonchev–Trinajstić information content (AvgIpc) is 2.61. The molecule has 0 aliphatic carbocycles. The molecule has 25 heavy (non-hydrogen) atoms. The minimum Gasteiger partial charge on any atom is -0.468 e. The van der Waals surface area contributed by atoms with E-state index in [9.17, 15) is 25.2 Å². The van der Waals surface area contributed by atoms with Gasteiger partial charge in [-0.05, 0) is 0 Å². The highest BCUT2D eigenvalue weighted by Gasteiger charge is 2.43. The van der Waals surface area contributed by atoms with E-state index in [1.807, 2.05) is 0 Å². The van der Waals surface area contributed by atoms with E-state index >= 15 is 0 Å². The van der Waals surface area contributed by atoms with Crippen LogP contribution in [0.4, 0.5) is 5.82 Å². The van der Waals surface area contributed by atoms with E-state index < -0.39 is 42.8 Å². The summed E-state index contributed by atoms with van der Waals surface area (Å²) in [6.45, 7) is -0.610. The van der Waals surface area contributed by atoms with Gasteiger partial charge in [0.05, 0.1) is 19.9 Å². The zero-order valence-electron chi connectivity index (χ0n) is 13.5. The molecule has 5 atom stereocenters. The molecular formula is C13H20N4O8. The first-order valence-corrected chi connectivity index (χ1v) is 7.25. The Morgan fingerprint density at radius 2 is 2.04 bits per heavy atom. The average molecular weight is 360 g/mol. The zero-order chi connectivity index (χ0) is 18.7. The summed E-state index contributed by atoms with van der Waals surface area (Å²) >= 11 is 0. The van der Waals surface area contributed by atoms with Crippen molar-refractivity contribution in [2.75, 3.05) is 19.0 Å². The van der Waals surface area contributed by atoms with E-state index in [1.54, 1.807) is 0 Å². The number of ether oxygens (including phenoxy) is 2. The lowest BCUT2D eigenvalue weighted by atomic mass is 9.98. The van der Waals surface area contributed by atoms with Gasteiger partial charge in [-0.15, -0.1) is 0 Å². The lowest BCUT2D eigenvalue weighted by molar-refractivity contribution is -0.221. The normalized spacial score (nSPS) is 29.8. The first-order chi connectivity index (χ1) is 11.8. The maximum absolute atomic E-state index is 12.3. The van der Waals surface area contributed by atoms with E-state index in [4.69, 9.17) is 14.7 Å². The predicted molar refractivity (Wildman–Crippen MR) is 82.8 cm³/mol. The van der Waals surface area contributed by atoms with Crippen LogP contribution >= 0.6 is 0 Å². The molecule has 2 heterocycles. The summed E-state index contributed by atoms with van der Waals surface area (Å²) in [6.07, 6.45) is -6.34. The number of nitrogens with zero attached hydrogens (tertiary/aromatic N) is 3. The highest BCUT2D eigenvalue weighted by molar-refractivity contribution is 5.85. The summed E-state index contributed by atoms with van der Waals surface area (Å²) in [4.78, 5) is 16.3. The highest BCUT2D eigenvalue weighted by Crippen LogP contribution is 2.23. The molecule has 1 aliphatic heterocycles. The molecule has 2 rings (SSSR count). The molecule has 0 saturated carbocycles. The topological polar surface area (TPSA) is 179 Å². The molecule has 0 unspecified atom stereocenters. The number of hydrogen-bond donors (Lipinski definition) is 6. The molecule has 1 aromatic heterocycles. The standard InChI is InChI=1S/C13H20N4O8/c1-17-12(22)5(3-14-23)10(16-13(17)24-2)15-11-9(21)8(20)7(19)6(4-18)25-11/h3,6-9,11,15,18-21,23H,4H2,1-2H3/b14-3+/t6-,7+,8+,9+,11-/m0/s1. The van der Waals surface area contributed by atoms with Crippen molar-refractivity contribution in [2.24, 2.45) is 12.2 Å². The van der Waals surface area contributed by atoms with Gasteiger partial charge in [0.2, 0.25) is 0 Å². The molecule has 6 N–H and O–H groups in total. The number of oxime groups is 1. The molecule has 12 heteroatoms. The van der Waals surface area contributed by atoms with Crippen LogP contribution in [-0.4, -0.2) is 85.8 Å². The summed E-state index contributed by atoms with van der Waals surface area (Å²) < 4.78 is 11.3. The van der Waals surface area contributed by atoms with Crippen LogP contribution in [-0.2, 0) is 11.8 Å². The minimum atomic E-state index is -1.60. The van der Waals surface area contributed by atoms with Crippen molar-refractivity contribution in [1.29, 1.82) is 0 Å². The zero-order valence-corrected chi connectivity index (χ0v) is 13.5. The van der Waals surface area contributed by atoms with Crippen LogP contribution in [0.3, 0.4) is 0 Å². The van der Waals surface area contributed by atoms with Gasteiger partial charge in [-0.1, -0.05) is 5.16 Å². The Hall–Kier alpha value is -2.25. The fourth-order valence-corrected chi connectivity index (χ4v) is 2.42. The Labute approximate surface area is 141 Å². The van der Waals surface area contributed by atoms with E-state index in [1.165, 1.54) is 14.2 Å². The number of anilines is 1. The number of aliphatic hydroxyl groups excluding tert-OH is 4. The molecule has 1 aromatic rings. The number of rotatable bonds is 5. The second kappa shape index (κ2) is 7.76. The van der Waals surface area contributed by atoms with Gasteiger partial charge in [-0.3, -0.25) is 9.36 Å². The quantitative estimate of drug-likeness (QED) is 0.178. The minimum absolute atomic E-state index is 0.0767. The van der Waals surface area contributed by atoms with Gasteiger partial charge in [0.1, 0.15) is 35.8 Å². The molecule has 1 aliphatic rings.